The van der Waals surface area contributed by atoms with Crippen LogP contribution in [0.25, 0.3) is 23.0 Å². The van der Waals surface area contributed by atoms with Crippen LogP contribution in [0.1, 0.15) is 23.4 Å². The van der Waals surface area contributed by atoms with Crippen LogP contribution in [0.3, 0.4) is 0 Å². The van der Waals surface area contributed by atoms with Gasteiger partial charge in [-0.25, -0.2) is 0 Å². The molecule has 0 saturated carbocycles. The fourth-order valence-corrected chi connectivity index (χ4v) is 3.36. The van der Waals surface area contributed by atoms with Gasteiger partial charge in [0.15, 0.2) is 5.69 Å². The zero-order valence-corrected chi connectivity index (χ0v) is 18.5. The molecule has 1 aromatic carbocycles. The Kier molecular flexibility index (Phi) is 6.92. The number of hydrogen-bond donors (Lipinski definition) is 0. The van der Waals surface area contributed by atoms with Gasteiger partial charge in [0.2, 0.25) is 5.82 Å². The van der Waals surface area contributed by atoms with E-state index in [4.69, 9.17) is 9.26 Å². The maximum atomic E-state index is 12.3. The maximum Gasteiger partial charge on any atom is 0.573 e. The third-order valence-corrected chi connectivity index (χ3v) is 4.97. The minimum atomic E-state index is -4.75. The van der Waals surface area contributed by atoms with Gasteiger partial charge in [-0.15, -0.1) is 13.2 Å². The van der Waals surface area contributed by atoms with Crippen molar-refractivity contribution in [1.82, 2.24) is 24.9 Å². The molecule has 11 heteroatoms. The highest BCUT2D eigenvalue weighted by Gasteiger charge is 2.31. The summed E-state index contributed by atoms with van der Waals surface area (Å²) in [5.74, 6) is 0.116. The van der Waals surface area contributed by atoms with Gasteiger partial charge < -0.3 is 14.0 Å². The molecule has 178 valence electrons. The van der Waals surface area contributed by atoms with Gasteiger partial charge in [0, 0.05) is 36.9 Å². The van der Waals surface area contributed by atoms with Crippen LogP contribution >= 0.6 is 0 Å². The second kappa shape index (κ2) is 10.0. The van der Waals surface area contributed by atoms with E-state index >= 15 is 0 Å². The van der Waals surface area contributed by atoms with E-state index in [1.807, 2.05) is 29.8 Å². The zero-order valence-electron chi connectivity index (χ0n) is 18.5. The predicted molar refractivity (Wildman–Crippen MR) is 116 cm³/mol. The molecule has 0 bridgehead atoms. The summed E-state index contributed by atoms with van der Waals surface area (Å²) < 4.78 is 53.1. The van der Waals surface area contributed by atoms with E-state index in [9.17, 15) is 13.2 Å². The van der Waals surface area contributed by atoms with Crippen molar-refractivity contribution < 1.29 is 27.2 Å². The molecule has 0 radical (unpaired) electrons. The van der Waals surface area contributed by atoms with Gasteiger partial charge in [-0.2, -0.15) is 10.1 Å². The van der Waals surface area contributed by atoms with Crippen molar-refractivity contribution in [2.45, 2.75) is 32.7 Å². The van der Waals surface area contributed by atoms with Gasteiger partial charge in [0.1, 0.15) is 5.75 Å². The van der Waals surface area contributed by atoms with Crippen molar-refractivity contribution in [1.29, 1.82) is 0 Å². The van der Waals surface area contributed by atoms with Crippen molar-refractivity contribution in [3.63, 3.8) is 0 Å². The van der Waals surface area contributed by atoms with Gasteiger partial charge in [-0.1, -0.05) is 5.16 Å². The minimum Gasteiger partial charge on any atom is -0.406 e. The van der Waals surface area contributed by atoms with Gasteiger partial charge >= 0.3 is 6.36 Å². The molecule has 0 N–H and O–H groups in total. The average molecular weight is 473 g/mol. The number of aryl methyl sites for hydroxylation is 2. The largest absolute Gasteiger partial charge is 0.573 e. The fourth-order valence-electron chi connectivity index (χ4n) is 3.36. The molecule has 0 amide bonds. The molecular formula is C23H22F3N5O3. The number of rotatable bonds is 9. The van der Waals surface area contributed by atoms with Crippen LogP contribution in [0, 0.1) is 6.92 Å². The smallest absolute Gasteiger partial charge is 0.406 e. The maximum absolute atomic E-state index is 12.3. The second-order valence-corrected chi connectivity index (χ2v) is 7.58. The van der Waals surface area contributed by atoms with E-state index in [2.05, 4.69) is 25.0 Å². The molecule has 3 heterocycles. The van der Waals surface area contributed by atoms with Gasteiger partial charge in [0.25, 0.3) is 5.89 Å². The molecule has 0 aliphatic carbocycles. The first-order valence-corrected chi connectivity index (χ1v) is 10.5. The molecule has 0 atom stereocenters. The first-order chi connectivity index (χ1) is 16.3. The summed E-state index contributed by atoms with van der Waals surface area (Å²) in [6.07, 6.45) is -1.24. The summed E-state index contributed by atoms with van der Waals surface area (Å²) in [5, 5.41) is 8.50. The molecule has 3 aromatic heterocycles. The van der Waals surface area contributed by atoms with Gasteiger partial charge in [0.05, 0.1) is 6.54 Å². The molecule has 0 unspecified atom stereocenters. The number of ether oxygens (including phenoxy) is 2. The lowest BCUT2D eigenvalue weighted by atomic mass is 10.1. The Morgan fingerprint density at radius 2 is 1.88 bits per heavy atom. The third-order valence-electron chi connectivity index (χ3n) is 4.97. The number of alkyl halides is 3. The molecule has 8 nitrogen and oxygen atoms in total. The number of hydrogen-bond acceptors (Lipinski definition) is 7. The van der Waals surface area contributed by atoms with Crippen LogP contribution in [0.2, 0.25) is 0 Å². The Hall–Kier alpha value is -3.73. The first-order valence-electron chi connectivity index (χ1n) is 10.5. The van der Waals surface area contributed by atoms with E-state index in [0.717, 1.165) is 29.8 Å². The molecule has 0 fully saturated rings. The lowest BCUT2D eigenvalue weighted by Gasteiger charge is -2.08. The van der Waals surface area contributed by atoms with Crippen LogP contribution < -0.4 is 4.74 Å². The van der Waals surface area contributed by atoms with Crippen molar-refractivity contribution in [3.05, 3.63) is 65.6 Å². The van der Waals surface area contributed by atoms with Crippen molar-refractivity contribution in [3.8, 4) is 28.7 Å². The molecule has 34 heavy (non-hydrogen) atoms. The Labute approximate surface area is 193 Å². The van der Waals surface area contributed by atoms with Gasteiger partial charge in [-0.05, 0) is 67.8 Å². The van der Waals surface area contributed by atoms with Crippen LogP contribution in [0.15, 0.2) is 53.2 Å². The molecule has 0 spiro atoms. The highest BCUT2D eigenvalue weighted by molar-refractivity contribution is 5.58. The predicted octanol–water partition coefficient (Wildman–Crippen LogP) is 4.83. The molecular weight excluding hydrogens is 451 g/mol. The Balaban J connectivity index is 1.46. The average Bonchev–Trinajstić information content (AvgIpc) is 3.41. The Morgan fingerprint density at radius 1 is 1.09 bits per heavy atom. The van der Waals surface area contributed by atoms with E-state index in [-0.39, 0.29) is 17.5 Å². The number of aromatic nitrogens is 5. The number of halogens is 3. The Morgan fingerprint density at radius 3 is 2.62 bits per heavy atom. The standard InChI is InChI=1S/C23H22F3N5O3/c1-15-12-20(29-31(15)14-16-9-10-27-18(13-16)4-3-11-32-2)22-28-21(30-34-22)17-5-7-19(8-6-17)33-23(24,25)26/h5-10,12-13H,3-4,11,14H2,1-2H3. The Bertz CT molecular complexity index is 1240. The lowest BCUT2D eigenvalue weighted by molar-refractivity contribution is -0.274. The summed E-state index contributed by atoms with van der Waals surface area (Å²) in [6, 6.07) is 11.1. The monoisotopic (exact) mass is 473 g/mol. The molecule has 0 saturated heterocycles. The van der Waals surface area contributed by atoms with E-state index < -0.39 is 6.36 Å². The van der Waals surface area contributed by atoms with Crippen LogP contribution in [0.5, 0.6) is 5.75 Å². The summed E-state index contributed by atoms with van der Waals surface area (Å²) >= 11 is 0. The van der Waals surface area contributed by atoms with E-state index in [1.54, 1.807) is 13.3 Å². The number of methoxy groups -OCH3 is 1. The van der Waals surface area contributed by atoms with Crippen LogP contribution in [0.4, 0.5) is 13.2 Å². The summed E-state index contributed by atoms with van der Waals surface area (Å²) in [5.41, 5.74) is 3.95. The summed E-state index contributed by atoms with van der Waals surface area (Å²) in [4.78, 5) is 8.73. The lowest BCUT2D eigenvalue weighted by Crippen LogP contribution is -2.16. The topological polar surface area (TPSA) is 88.1 Å². The number of benzene rings is 1. The SMILES string of the molecule is COCCCc1cc(Cn2nc(-c3nc(-c4ccc(OC(F)(F)F)cc4)no3)cc2C)ccn1. The summed E-state index contributed by atoms with van der Waals surface area (Å²) in [6.45, 7) is 3.16. The van der Waals surface area contributed by atoms with Crippen LogP contribution in [-0.2, 0) is 17.7 Å². The number of nitrogens with zero attached hydrogens (tertiary/aromatic N) is 5. The van der Waals surface area contributed by atoms with Crippen LogP contribution in [-0.4, -0.2) is 45.0 Å². The molecule has 0 aliphatic heterocycles. The second-order valence-electron chi connectivity index (χ2n) is 7.58. The highest BCUT2D eigenvalue weighted by atomic mass is 19.4. The van der Waals surface area contributed by atoms with Crippen molar-refractivity contribution in [2.24, 2.45) is 0 Å². The van der Waals surface area contributed by atoms with E-state index in [0.29, 0.717) is 24.4 Å². The minimum absolute atomic E-state index is 0.211. The quantitative estimate of drug-likeness (QED) is 0.322. The summed E-state index contributed by atoms with van der Waals surface area (Å²) in [7, 11) is 1.68. The molecule has 0 aliphatic rings. The number of pyridine rings is 1. The van der Waals surface area contributed by atoms with Gasteiger partial charge in [-0.3, -0.25) is 9.67 Å². The fraction of sp³-hybridized carbons (Fsp3) is 0.304. The molecule has 4 rings (SSSR count). The van der Waals surface area contributed by atoms with Crippen molar-refractivity contribution >= 4 is 0 Å². The third kappa shape index (κ3) is 5.98. The van der Waals surface area contributed by atoms with Crippen molar-refractivity contribution in [2.75, 3.05) is 13.7 Å². The normalized spacial score (nSPS) is 11.7. The molecule has 4 aromatic rings. The zero-order chi connectivity index (χ0) is 24.1. The first kappa shape index (κ1) is 23.4. The highest BCUT2D eigenvalue weighted by Crippen LogP contribution is 2.27. The van der Waals surface area contributed by atoms with E-state index in [1.165, 1.54) is 24.3 Å².